The summed E-state index contributed by atoms with van der Waals surface area (Å²) in [6.45, 7) is 4.14. The maximum atomic E-state index is 11.9. The van der Waals surface area contributed by atoms with Crippen molar-refractivity contribution in [2.45, 2.75) is 19.8 Å². The van der Waals surface area contributed by atoms with E-state index in [2.05, 4.69) is 0 Å². The summed E-state index contributed by atoms with van der Waals surface area (Å²) in [7, 11) is 1.71. The first-order chi connectivity index (χ1) is 7.56. The van der Waals surface area contributed by atoms with Gasteiger partial charge >= 0.3 is 0 Å². The minimum Gasteiger partial charge on any atom is -0.393 e. The van der Waals surface area contributed by atoms with E-state index in [1.807, 2.05) is 4.90 Å². The van der Waals surface area contributed by atoms with Gasteiger partial charge in [-0.2, -0.15) is 0 Å². The molecule has 1 aliphatic rings. The molecule has 2 N–H and O–H groups in total. The third-order valence-electron chi connectivity index (χ3n) is 3.13. The Morgan fingerprint density at radius 3 is 2.56 bits per heavy atom. The number of thiocarbonyl (C=S) groups is 1. The van der Waals surface area contributed by atoms with E-state index in [1.54, 1.807) is 14.0 Å². The first-order valence-electron chi connectivity index (χ1n) is 5.63. The molecule has 0 radical (unpaired) electrons. The fraction of sp³-hybridized carbons (Fsp3) is 0.818. The Kier molecular flexibility index (Phi) is 5.15. The molecule has 0 bridgehead atoms. The van der Waals surface area contributed by atoms with Gasteiger partial charge in [-0.25, -0.2) is 0 Å². The molecule has 0 aromatic carbocycles. The Morgan fingerprint density at radius 2 is 2.12 bits per heavy atom. The van der Waals surface area contributed by atoms with Crippen molar-refractivity contribution in [3.8, 4) is 0 Å². The van der Waals surface area contributed by atoms with Gasteiger partial charge in [-0.3, -0.25) is 4.79 Å². The van der Waals surface area contributed by atoms with Gasteiger partial charge in [0.05, 0.1) is 10.9 Å². The molecule has 1 saturated heterocycles. The summed E-state index contributed by atoms with van der Waals surface area (Å²) in [5.74, 6) is 0.298. The normalized spacial score (nSPS) is 19.5. The lowest BCUT2D eigenvalue weighted by atomic mass is 9.96. The van der Waals surface area contributed by atoms with Gasteiger partial charge in [0, 0.05) is 26.8 Å². The number of methoxy groups -OCH3 is 1. The van der Waals surface area contributed by atoms with Crippen molar-refractivity contribution in [3.63, 3.8) is 0 Å². The largest absolute Gasteiger partial charge is 0.393 e. The summed E-state index contributed by atoms with van der Waals surface area (Å²) in [6.07, 6.45) is 2.01. The smallest absolute Gasteiger partial charge is 0.232 e. The molecule has 5 heteroatoms. The molecule has 16 heavy (non-hydrogen) atoms. The number of amides is 1. The van der Waals surface area contributed by atoms with E-state index < -0.39 is 0 Å². The highest BCUT2D eigenvalue weighted by atomic mass is 32.1. The van der Waals surface area contributed by atoms with Gasteiger partial charge in [-0.05, 0) is 25.7 Å². The molecule has 92 valence electrons. The standard InChI is InChI=1S/C11H20N2O2S/c1-8(10(12)16)11(14)13-5-3-9(4-6-13)7-15-2/h8-9H,3-7H2,1-2H3,(H2,12,16). The van der Waals surface area contributed by atoms with Crippen LogP contribution in [0.1, 0.15) is 19.8 Å². The van der Waals surface area contributed by atoms with Crippen LogP contribution in [0.15, 0.2) is 0 Å². The summed E-state index contributed by atoms with van der Waals surface area (Å²) in [4.78, 5) is 14.1. The molecule has 1 aliphatic heterocycles. The monoisotopic (exact) mass is 244 g/mol. The molecule has 1 heterocycles. The molecule has 0 aromatic rings. The van der Waals surface area contributed by atoms with Gasteiger partial charge in [0.15, 0.2) is 0 Å². The first-order valence-corrected chi connectivity index (χ1v) is 6.04. The molecular weight excluding hydrogens is 224 g/mol. The highest BCUT2D eigenvalue weighted by Gasteiger charge is 2.26. The highest BCUT2D eigenvalue weighted by Crippen LogP contribution is 2.18. The molecule has 0 aliphatic carbocycles. The van der Waals surface area contributed by atoms with E-state index in [0.717, 1.165) is 32.5 Å². The van der Waals surface area contributed by atoms with Gasteiger partial charge in [-0.1, -0.05) is 12.2 Å². The van der Waals surface area contributed by atoms with E-state index in [4.69, 9.17) is 22.7 Å². The number of ether oxygens (including phenoxy) is 1. The molecule has 0 aromatic heterocycles. The molecule has 1 atom stereocenters. The van der Waals surface area contributed by atoms with E-state index in [9.17, 15) is 4.79 Å². The van der Waals surface area contributed by atoms with Crippen LogP contribution in [0.25, 0.3) is 0 Å². The molecule has 1 fully saturated rings. The summed E-state index contributed by atoms with van der Waals surface area (Å²) < 4.78 is 5.12. The number of rotatable bonds is 4. The van der Waals surface area contributed by atoms with Gasteiger partial charge in [0.1, 0.15) is 0 Å². The highest BCUT2D eigenvalue weighted by molar-refractivity contribution is 7.80. The van der Waals surface area contributed by atoms with Crippen LogP contribution in [0.4, 0.5) is 0 Å². The van der Waals surface area contributed by atoms with Crippen LogP contribution in [-0.2, 0) is 9.53 Å². The first kappa shape index (κ1) is 13.4. The van der Waals surface area contributed by atoms with Gasteiger partial charge in [0.25, 0.3) is 0 Å². The van der Waals surface area contributed by atoms with Crippen molar-refractivity contribution in [2.24, 2.45) is 17.6 Å². The van der Waals surface area contributed by atoms with Crippen LogP contribution in [0.3, 0.4) is 0 Å². The molecule has 1 amide bonds. The van der Waals surface area contributed by atoms with Crippen LogP contribution in [0.5, 0.6) is 0 Å². The molecule has 1 unspecified atom stereocenters. The second-order valence-electron chi connectivity index (χ2n) is 4.35. The van der Waals surface area contributed by atoms with Crippen LogP contribution in [-0.4, -0.2) is 42.6 Å². The Hall–Kier alpha value is -0.680. The van der Waals surface area contributed by atoms with E-state index in [-0.39, 0.29) is 16.8 Å². The Labute approximate surface area is 102 Å². The van der Waals surface area contributed by atoms with Crippen LogP contribution < -0.4 is 5.73 Å². The fourth-order valence-electron chi connectivity index (χ4n) is 1.95. The third-order valence-corrected chi connectivity index (χ3v) is 3.48. The van der Waals surface area contributed by atoms with Crippen molar-refractivity contribution in [1.82, 2.24) is 4.90 Å². The lowest BCUT2D eigenvalue weighted by Crippen LogP contribution is -2.44. The third kappa shape index (κ3) is 3.42. The number of carbonyl (C=O) groups excluding carboxylic acids is 1. The van der Waals surface area contributed by atoms with Crippen LogP contribution in [0.2, 0.25) is 0 Å². The van der Waals surface area contributed by atoms with E-state index in [1.165, 1.54) is 0 Å². The molecule has 4 nitrogen and oxygen atoms in total. The maximum Gasteiger partial charge on any atom is 0.232 e. The summed E-state index contributed by atoms with van der Waals surface area (Å²) >= 11 is 4.84. The second-order valence-corrected chi connectivity index (χ2v) is 4.82. The minimum absolute atomic E-state index is 0.0587. The van der Waals surface area contributed by atoms with Crippen molar-refractivity contribution >= 4 is 23.1 Å². The SMILES string of the molecule is COCC1CCN(C(=O)C(C)C(N)=S)CC1. The number of nitrogens with zero attached hydrogens (tertiary/aromatic N) is 1. The Bertz CT molecular complexity index is 263. The van der Waals surface area contributed by atoms with Crippen LogP contribution in [0, 0.1) is 11.8 Å². The number of nitrogens with two attached hydrogens (primary N) is 1. The van der Waals surface area contributed by atoms with E-state index >= 15 is 0 Å². The molecule has 0 spiro atoms. The number of likely N-dealkylation sites (tertiary alicyclic amines) is 1. The zero-order valence-electron chi connectivity index (χ0n) is 9.94. The van der Waals surface area contributed by atoms with Crippen molar-refractivity contribution in [2.75, 3.05) is 26.8 Å². The van der Waals surface area contributed by atoms with Gasteiger partial charge in [0.2, 0.25) is 5.91 Å². The number of piperidine rings is 1. The lowest BCUT2D eigenvalue weighted by Gasteiger charge is -2.33. The summed E-state index contributed by atoms with van der Waals surface area (Å²) in [5.41, 5.74) is 5.48. The second kappa shape index (κ2) is 6.15. The topological polar surface area (TPSA) is 55.6 Å². The average molecular weight is 244 g/mol. The minimum atomic E-state index is -0.339. The average Bonchev–Trinajstić information content (AvgIpc) is 2.28. The fourth-order valence-corrected chi connectivity index (χ4v) is 2.05. The number of hydrogen-bond acceptors (Lipinski definition) is 3. The molecular formula is C11H20N2O2S. The Morgan fingerprint density at radius 1 is 1.56 bits per heavy atom. The predicted molar refractivity (Wildman–Crippen MR) is 67.1 cm³/mol. The van der Waals surface area contributed by atoms with Gasteiger partial charge in [-0.15, -0.1) is 0 Å². The summed E-state index contributed by atoms with van der Waals surface area (Å²) in [5, 5.41) is 0. The molecule has 1 rings (SSSR count). The Balaban J connectivity index is 2.41. The van der Waals surface area contributed by atoms with Crippen molar-refractivity contribution < 1.29 is 9.53 Å². The van der Waals surface area contributed by atoms with E-state index in [0.29, 0.717) is 5.92 Å². The zero-order chi connectivity index (χ0) is 12.1. The van der Waals surface area contributed by atoms with Crippen molar-refractivity contribution in [3.05, 3.63) is 0 Å². The van der Waals surface area contributed by atoms with Gasteiger partial charge < -0.3 is 15.4 Å². The quantitative estimate of drug-likeness (QED) is 0.743. The number of carbonyl (C=O) groups is 1. The molecule has 0 saturated carbocycles. The predicted octanol–water partition coefficient (Wildman–Crippen LogP) is 0.794. The summed E-state index contributed by atoms with van der Waals surface area (Å²) in [6, 6.07) is 0. The maximum absolute atomic E-state index is 11.9. The zero-order valence-corrected chi connectivity index (χ0v) is 10.8. The number of hydrogen-bond donors (Lipinski definition) is 1. The van der Waals surface area contributed by atoms with Crippen LogP contribution >= 0.6 is 12.2 Å². The lowest BCUT2D eigenvalue weighted by molar-refractivity contribution is -0.134. The van der Waals surface area contributed by atoms with Crippen molar-refractivity contribution in [1.29, 1.82) is 0 Å².